The number of nitrogens with zero attached hydrogens (tertiary/aromatic N) is 2. The molecule has 0 saturated heterocycles. The summed E-state index contributed by atoms with van der Waals surface area (Å²) in [5, 5.41) is 5.97. The topological polar surface area (TPSA) is 59.1 Å². The molecule has 0 radical (unpaired) electrons. The molecule has 0 amide bonds. The van der Waals surface area contributed by atoms with E-state index in [2.05, 4.69) is 20.6 Å². The molecule has 1 saturated carbocycles. The van der Waals surface area contributed by atoms with Gasteiger partial charge in [-0.05, 0) is 18.9 Å². The van der Waals surface area contributed by atoms with Gasteiger partial charge in [0.1, 0.15) is 11.6 Å². The molecule has 1 aromatic heterocycles. The molecule has 0 atom stereocenters. The first-order chi connectivity index (χ1) is 12.5. The molecule has 3 rings (SSSR count). The first-order valence-corrected chi connectivity index (χ1v) is 8.54. The number of alkyl halides is 3. The summed E-state index contributed by atoms with van der Waals surface area (Å²) in [6.45, 7) is 0.293. The number of ether oxygens (including phenoxy) is 1. The van der Waals surface area contributed by atoms with Crippen LogP contribution in [0.3, 0.4) is 0 Å². The summed E-state index contributed by atoms with van der Waals surface area (Å²) >= 11 is 0. The lowest BCUT2D eigenvalue weighted by atomic mass is 10.2. The fraction of sp³-hybridized carbons (Fsp3) is 0.444. The number of aromatic nitrogens is 2. The fourth-order valence-corrected chi connectivity index (χ4v) is 3.04. The Labute approximate surface area is 150 Å². The maximum absolute atomic E-state index is 13.2. The van der Waals surface area contributed by atoms with Gasteiger partial charge in [-0.2, -0.15) is 18.2 Å². The van der Waals surface area contributed by atoms with E-state index in [-0.39, 0.29) is 17.8 Å². The summed E-state index contributed by atoms with van der Waals surface area (Å²) in [6.07, 6.45) is -0.561. The lowest BCUT2D eigenvalue weighted by molar-refractivity contribution is -0.141. The number of benzene rings is 1. The van der Waals surface area contributed by atoms with Crippen molar-refractivity contribution in [3.8, 4) is 5.75 Å². The first kappa shape index (κ1) is 18.3. The summed E-state index contributed by atoms with van der Waals surface area (Å²) in [5.41, 5.74) is -0.136. The molecular weight excluding hydrogens is 345 g/mol. The van der Waals surface area contributed by atoms with Crippen molar-refractivity contribution in [3.63, 3.8) is 0 Å². The number of anilines is 2. The monoisotopic (exact) mass is 366 g/mol. The third-order valence-electron chi connectivity index (χ3n) is 4.36. The van der Waals surface area contributed by atoms with Crippen molar-refractivity contribution in [1.29, 1.82) is 0 Å². The highest BCUT2D eigenvalue weighted by Gasteiger charge is 2.34. The van der Waals surface area contributed by atoms with E-state index in [1.54, 1.807) is 13.2 Å². The third kappa shape index (κ3) is 4.56. The average Bonchev–Trinajstić information content (AvgIpc) is 3.12. The fourth-order valence-electron chi connectivity index (χ4n) is 3.04. The van der Waals surface area contributed by atoms with Crippen LogP contribution in [0.25, 0.3) is 0 Å². The van der Waals surface area contributed by atoms with Crippen LogP contribution in [0.15, 0.2) is 30.3 Å². The number of halogens is 3. The molecule has 0 aliphatic heterocycles. The van der Waals surface area contributed by atoms with Gasteiger partial charge in [0.05, 0.1) is 7.11 Å². The molecule has 5 nitrogen and oxygen atoms in total. The second-order valence-corrected chi connectivity index (χ2v) is 6.25. The lowest BCUT2D eigenvalue weighted by Gasteiger charge is -2.16. The third-order valence-corrected chi connectivity index (χ3v) is 4.36. The highest BCUT2D eigenvalue weighted by molar-refractivity contribution is 5.45. The van der Waals surface area contributed by atoms with Crippen molar-refractivity contribution in [1.82, 2.24) is 9.97 Å². The molecule has 0 bridgehead atoms. The van der Waals surface area contributed by atoms with E-state index in [1.165, 1.54) is 0 Å². The summed E-state index contributed by atoms with van der Waals surface area (Å²) in [7, 11) is 1.55. The predicted octanol–water partition coefficient (Wildman–Crippen LogP) is 4.47. The molecule has 0 spiro atoms. The predicted molar refractivity (Wildman–Crippen MR) is 93.2 cm³/mol. The molecule has 1 heterocycles. The van der Waals surface area contributed by atoms with E-state index in [1.807, 2.05) is 18.2 Å². The Bertz CT molecular complexity index is 745. The minimum atomic E-state index is -4.53. The number of nitrogens with one attached hydrogen (secondary N) is 2. The minimum Gasteiger partial charge on any atom is -0.496 e. The summed E-state index contributed by atoms with van der Waals surface area (Å²) in [4.78, 5) is 7.85. The summed E-state index contributed by atoms with van der Waals surface area (Å²) in [6, 6.07) is 8.36. The average molecular weight is 366 g/mol. The molecule has 2 N–H and O–H groups in total. The normalized spacial score (nSPS) is 15.1. The summed E-state index contributed by atoms with van der Waals surface area (Å²) < 4.78 is 44.8. The molecule has 1 aliphatic carbocycles. The van der Waals surface area contributed by atoms with Gasteiger partial charge in [0, 0.05) is 24.2 Å². The van der Waals surface area contributed by atoms with E-state index in [9.17, 15) is 13.2 Å². The molecule has 1 aliphatic rings. The highest BCUT2D eigenvalue weighted by Crippen LogP contribution is 2.31. The Balaban J connectivity index is 1.80. The van der Waals surface area contributed by atoms with Gasteiger partial charge in [0.2, 0.25) is 5.95 Å². The Kier molecular flexibility index (Phi) is 5.49. The van der Waals surface area contributed by atoms with Gasteiger partial charge in [0.15, 0.2) is 5.69 Å². The van der Waals surface area contributed by atoms with Crippen LogP contribution in [0.5, 0.6) is 5.75 Å². The van der Waals surface area contributed by atoms with Crippen LogP contribution in [0.4, 0.5) is 24.9 Å². The van der Waals surface area contributed by atoms with Crippen LogP contribution in [0.1, 0.15) is 36.9 Å². The largest absolute Gasteiger partial charge is 0.496 e. The van der Waals surface area contributed by atoms with Crippen molar-refractivity contribution < 1.29 is 17.9 Å². The molecule has 0 unspecified atom stereocenters. The van der Waals surface area contributed by atoms with Crippen LogP contribution in [0.2, 0.25) is 0 Å². The van der Waals surface area contributed by atoms with Crippen molar-refractivity contribution >= 4 is 11.8 Å². The lowest BCUT2D eigenvalue weighted by Crippen LogP contribution is -2.19. The van der Waals surface area contributed by atoms with Crippen LogP contribution in [0, 0.1) is 0 Å². The van der Waals surface area contributed by atoms with Crippen LogP contribution in [-0.4, -0.2) is 23.1 Å². The Morgan fingerprint density at radius 2 is 1.88 bits per heavy atom. The van der Waals surface area contributed by atoms with E-state index in [0.717, 1.165) is 37.3 Å². The Morgan fingerprint density at radius 1 is 1.15 bits per heavy atom. The van der Waals surface area contributed by atoms with Crippen LogP contribution in [-0.2, 0) is 12.7 Å². The smallest absolute Gasteiger partial charge is 0.433 e. The molecule has 1 aromatic carbocycles. The van der Waals surface area contributed by atoms with E-state index < -0.39 is 11.9 Å². The number of hydrogen-bond donors (Lipinski definition) is 2. The van der Waals surface area contributed by atoms with E-state index >= 15 is 0 Å². The van der Waals surface area contributed by atoms with Crippen molar-refractivity contribution in [2.75, 3.05) is 17.7 Å². The standard InChI is InChI=1S/C18H21F3N4O/c1-26-14-9-5-2-6-12(14)11-22-16-10-15(18(19,20)21)24-17(25-16)23-13-7-3-4-8-13/h2,5-6,9-10,13H,3-4,7-8,11H2,1H3,(H2,22,23,24,25). The van der Waals surface area contributed by atoms with Crippen molar-refractivity contribution in [2.45, 2.75) is 44.4 Å². The maximum Gasteiger partial charge on any atom is 0.433 e. The number of rotatable bonds is 6. The molecule has 2 aromatic rings. The van der Waals surface area contributed by atoms with Gasteiger partial charge in [-0.25, -0.2) is 4.98 Å². The van der Waals surface area contributed by atoms with Crippen molar-refractivity contribution in [3.05, 3.63) is 41.6 Å². The van der Waals surface area contributed by atoms with Crippen LogP contribution < -0.4 is 15.4 Å². The molecule has 8 heteroatoms. The van der Waals surface area contributed by atoms with Gasteiger partial charge in [-0.15, -0.1) is 0 Å². The maximum atomic E-state index is 13.2. The first-order valence-electron chi connectivity index (χ1n) is 8.54. The van der Waals surface area contributed by atoms with Gasteiger partial charge >= 0.3 is 6.18 Å². The SMILES string of the molecule is COc1ccccc1CNc1cc(C(F)(F)F)nc(NC2CCCC2)n1. The second kappa shape index (κ2) is 7.80. The molecular formula is C18H21F3N4O. The molecule has 26 heavy (non-hydrogen) atoms. The van der Waals surface area contributed by atoms with Gasteiger partial charge in [0.25, 0.3) is 0 Å². The van der Waals surface area contributed by atoms with Crippen molar-refractivity contribution in [2.24, 2.45) is 0 Å². The Morgan fingerprint density at radius 3 is 2.58 bits per heavy atom. The van der Waals surface area contributed by atoms with E-state index in [0.29, 0.717) is 12.3 Å². The Hall–Kier alpha value is -2.51. The number of hydrogen-bond acceptors (Lipinski definition) is 5. The zero-order valence-electron chi connectivity index (χ0n) is 14.4. The van der Waals surface area contributed by atoms with Crippen LogP contribution >= 0.6 is 0 Å². The quantitative estimate of drug-likeness (QED) is 0.790. The van der Waals surface area contributed by atoms with Gasteiger partial charge in [-0.1, -0.05) is 31.0 Å². The minimum absolute atomic E-state index is 0.00857. The summed E-state index contributed by atoms with van der Waals surface area (Å²) in [5.74, 6) is 0.794. The van der Waals surface area contributed by atoms with E-state index in [4.69, 9.17) is 4.74 Å². The van der Waals surface area contributed by atoms with Gasteiger partial charge in [-0.3, -0.25) is 0 Å². The number of para-hydroxylation sites is 1. The van der Waals surface area contributed by atoms with Gasteiger partial charge < -0.3 is 15.4 Å². The zero-order chi connectivity index (χ0) is 18.6. The highest BCUT2D eigenvalue weighted by atomic mass is 19.4. The number of methoxy groups -OCH3 is 1. The molecule has 1 fully saturated rings. The second-order valence-electron chi connectivity index (χ2n) is 6.25. The molecule has 140 valence electrons. The zero-order valence-corrected chi connectivity index (χ0v) is 14.4.